The Morgan fingerprint density at radius 2 is 1.67 bits per heavy atom. The SMILES string of the molecule is COc1ccc([N+](=O)[O-])c(C=O)c1OS(=O)(=O)c1ccc(C)c([N+](=O)[O-])c1. The number of aryl methyl sites for hydroxylation is 1. The first-order chi connectivity index (χ1) is 12.6. The first-order valence-electron chi connectivity index (χ1n) is 7.12. The van der Waals surface area contributed by atoms with Crippen molar-refractivity contribution in [3.63, 3.8) is 0 Å². The van der Waals surface area contributed by atoms with Crippen LogP contribution in [-0.4, -0.2) is 31.7 Å². The third-order valence-electron chi connectivity index (χ3n) is 3.53. The summed E-state index contributed by atoms with van der Waals surface area (Å²) in [5.74, 6) is -0.933. The van der Waals surface area contributed by atoms with Crippen molar-refractivity contribution in [2.24, 2.45) is 0 Å². The highest BCUT2D eigenvalue weighted by atomic mass is 32.2. The van der Waals surface area contributed by atoms with Crippen molar-refractivity contribution < 1.29 is 32.0 Å². The number of nitro benzene ring substituents is 2. The summed E-state index contributed by atoms with van der Waals surface area (Å²) >= 11 is 0. The lowest BCUT2D eigenvalue weighted by molar-refractivity contribution is -0.385. The summed E-state index contributed by atoms with van der Waals surface area (Å²) in [6.45, 7) is 1.42. The predicted molar refractivity (Wildman–Crippen MR) is 90.7 cm³/mol. The molecule has 0 aliphatic rings. The molecule has 0 saturated carbocycles. The third kappa shape index (κ3) is 3.84. The van der Waals surface area contributed by atoms with Gasteiger partial charge in [0, 0.05) is 17.7 Å². The van der Waals surface area contributed by atoms with Gasteiger partial charge in [-0.1, -0.05) is 6.07 Å². The fourth-order valence-corrected chi connectivity index (χ4v) is 3.17. The van der Waals surface area contributed by atoms with Crippen molar-refractivity contribution in [3.05, 3.63) is 61.7 Å². The van der Waals surface area contributed by atoms with Gasteiger partial charge in [-0.15, -0.1) is 0 Å². The lowest BCUT2D eigenvalue weighted by atomic mass is 10.1. The molecule has 0 aromatic heterocycles. The lowest BCUT2D eigenvalue weighted by Gasteiger charge is -2.13. The molecule has 0 radical (unpaired) electrons. The second-order valence-corrected chi connectivity index (χ2v) is 6.69. The number of ether oxygens (including phenoxy) is 1. The molecule has 0 N–H and O–H groups in total. The van der Waals surface area contributed by atoms with Crippen LogP contribution in [-0.2, 0) is 10.1 Å². The Kier molecular flexibility index (Phi) is 5.40. The molecule has 0 spiro atoms. The quantitative estimate of drug-likeness (QED) is 0.297. The summed E-state index contributed by atoms with van der Waals surface area (Å²) in [6.07, 6.45) is 0.0586. The van der Waals surface area contributed by atoms with E-state index in [2.05, 4.69) is 0 Å². The molecule has 2 aromatic rings. The molecule has 142 valence electrons. The summed E-state index contributed by atoms with van der Waals surface area (Å²) in [5, 5.41) is 22.1. The summed E-state index contributed by atoms with van der Waals surface area (Å²) in [7, 11) is -3.51. The highest BCUT2D eigenvalue weighted by Gasteiger charge is 2.29. The van der Waals surface area contributed by atoms with E-state index in [1.807, 2.05) is 0 Å². The maximum absolute atomic E-state index is 12.5. The summed E-state index contributed by atoms with van der Waals surface area (Å²) in [5.41, 5.74) is -1.57. The predicted octanol–water partition coefficient (Wildman–Crippen LogP) is 2.40. The van der Waals surface area contributed by atoms with Crippen molar-refractivity contribution in [1.82, 2.24) is 0 Å². The normalized spacial score (nSPS) is 10.9. The molecule has 12 heteroatoms. The van der Waals surface area contributed by atoms with Gasteiger partial charge in [-0.05, 0) is 19.1 Å². The van der Waals surface area contributed by atoms with Crippen molar-refractivity contribution in [3.8, 4) is 11.5 Å². The van der Waals surface area contributed by atoms with Gasteiger partial charge in [0.2, 0.25) is 5.75 Å². The zero-order valence-corrected chi connectivity index (χ0v) is 14.8. The Morgan fingerprint density at radius 3 is 2.19 bits per heavy atom. The van der Waals surface area contributed by atoms with Crippen LogP contribution in [0.2, 0.25) is 0 Å². The van der Waals surface area contributed by atoms with Gasteiger partial charge in [0.1, 0.15) is 10.5 Å². The van der Waals surface area contributed by atoms with Crippen molar-refractivity contribution in [1.29, 1.82) is 0 Å². The molecule has 11 nitrogen and oxygen atoms in total. The zero-order chi connectivity index (χ0) is 20.4. The topological polar surface area (TPSA) is 156 Å². The van der Waals surface area contributed by atoms with Crippen LogP contribution >= 0.6 is 0 Å². The molecule has 0 atom stereocenters. The van der Waals surface area contributed by atoms with E-state index in [-0.39, 0.29) is 17.6 Å². The minimum Gasteiger partial charge on any atom is -0.493 e. The Bertz CT molecular complexity index is 1050. The van der Waals surface area contributed by atoms with Gasteiger partial charge < -0.3 is 8.92 Å². The van der Waals surface area contributed by atoms with Gasteiger partial charge in [0.15, 0.2) is 12.0 Å². The number of aldehydes is 1. The van der Waals surface area contributed by atoms with Crippen molar-refractivity contribution in [2.75, 3.05) is 7.11 Å². The Hall–Kier alpha value is -3.54. The molecule has 0 amide bonds. The van der Waals surface area contributed by atoms with Gasteiger partial charge in [-0.2, -0.15) is 8.42 Å². The minimum atomic E-state index is -4.66. The number of methoxy groups -OCH3 is 1. The molecule has 0 heterocycles. The van der Waals surface area contributed by atoms with E-state index >= 15 is 0 Å². The number of carbonyl (C=O) groups is 1. The largest absolute Gasteiger partial charge is 0.493 e. The number of benzene rings is 2. The first-order valence-corrected chi connectivity index (χ1v) is 8.53. The van der Waals surface area contributed by atoms with Crippen molar-refractivity contribution >= 4 is 27.8 Å². The molecule has 0 aliphatic heterocycles. The second-order valence-electron chi connectivity index (χ2n) is 5.15. The molecule has 27 heavy (non-hydrogen) atoms. The summed E-state index contributed by atoms with van der Waals surface area (Å²) in [4.78, 5) is 31.1. The van der Waals surface area contributed by atoms with Crippen LogP contribution in [0, 0.1) is 27.2 Å². The molecular formula is C15H12N2O9S. The van der Waals surface area contributed by atoms with E-state index in [9.17, 15) is 33.4 Å². The molecule has 0 fully saturated rings. The fraction of sp³-hybridized carbons (Fsp3) is 0.133. The average Bonchev–Trinajstić information content (AvgIpc) is 2.60. The summed E-state index contributed by atoms with van der Waals surface area (Å²) < 4.78 is 34.8. The molecular weight excluding hydrogens is 384 g/mol. The maximum atomic E-state index is 12.5. The van der Waals surface area contributed by atoms with Gasteiger partial charge in [0.05, 0.1) is 17.0 Å². The second kappa shape index (κ2) is 7.37. The van der Waals surface area contributed by atoms with E-state index in [0.29, 0.717) is 0 Å². The average molecular weight is 396 g/mol. The van der Waals surface area contributed by atoms with Gasteiger partial charge in [0.25, 0.3) is 11.4 Å². The maximum Gasteiger partial charge on any atom is 0.339 e. The van der Waals surface area contributed by atoms with E-state index in [1.54, 1.807) is 0 Å². The molecule has 0 unspecified atom stereocenters. The van der Waals surface area contributed by atoms with Crippen LogP contribution < -0.4 is 8.92 Å². The van der Waals surface area contributed by atoms with E-state index in [1.165, 1.54) is 13.0 Å². The number of carbonyl (C=O) groups excluding carboxylic acids is 1. The number of nitro groups is 2. The van der Waals surface area contributed by atoms with Gasteiger partial charge >= 0.3 is 10.1 Å². The Balaban J connectivity index is 2.63. The number of rotatable bonds is 7. The fourth-order valence-electron chi connectivity index (χ4n) is 2.19. The zero-order valence-electron chi connectivity index (χ0n) is 13.9. The van der Waals surface area contributed by atoms with Crippen LogP contribution in [0.15, 0.2) is 35.2 Å². The lowest BCUT2D eigenvalue weighted by Crippen LogP contribution is -2.13. The summed E-state index contributed by atoms with van der Waals surface area (Å²) in [6, 6.07) is 5.09. The van der Waals surface area contributed by atoms with Gasteiger partial charge in [-0.3, -0.25) is 25.0 Å². The number of hydrogen-bond acceptors (Lipinski definition) is 9. The number of hydrogen-bond donors (Lipinski definition) is 0. The monoisotopic (exact) mass is 396 g/mol. The van der Waals surface area contributed by atoms with E-state index in [0.717, 1.165) is 31.4 Å². The van der Waals surface area contributed by atoms with E-state index < -0.39 is 47.5 Å². The molecule has 2 rings (SSSR count). The van der Waals surface area contributed by atoms with Gasteiger partial charge in [-0.25, -0.2) is 0 Å². The Labute approximate surface area is 152 Å². The standard InChI is InChI=1S/C15H12N2O9S/c1-9-3-4-10(7-13(9)17(21)22)27(23,24)26-15-11(8-18)12(16(19)20)5-6-14(15)25-2/h3-8H,1-2H3. The van der Waals surface area contributed by atoms with Crippen LogP contribution in [0.5, 0.6) is 11.5 Å². The van der Waals surface area contributed by atoms with Crippen LogP contribution in [0.3, 0.4) is 0 Å². The highest BCUT2D eigenvalue weighted by molar-refractivity contribution is 7.87. The highest BCUT2D eigenvalue weighted by Crippen LogP contribution is 2.38. The van der Waals surface area contributed by atoms with Crippen LogP contribution in [0.25, 0.3) is 0 Å². The van der Waals surface area contributed by atoms with Crippen molar-refractivity contribution in [2.45, 2.75) is 11.8 Å². The molecule has 0 bridgehead atoms. The number of nitrogens with zero attached hydrogens (tertiary/aromatic N) is 2. The third-order valence-corrected chi connectivity index (χ3v) is 4.75. The van der Waals surface area contributed by atoms with E-state index in [4.69, 9.17) is 8.92 Å². The minimum absolute atomic E-state index is 0.0586. The van der Waals surface area contributed by atoms with Crippen LogP contribution in [0.1, 0.15) is 15.9 Å². The molecule has 2 aromatic carbocycles. The molecule has 0 aliphatic carbocycles. The first kappa shape index (κ1) is 19.8. The Morgan fingerprint density at radius 1 is 1.04 bits per heavy atom. The van der Waals surface area contributed by atoms with Crippen LogP contribution in [0.4, 0.5) is 11.4 Å². The molecule has 0 saturated heterocycles. The smallest absolute Gasteiger partial charge is 0.339 e.